The van der Waals surface area contributed by atoms with Crippen LogP contribution in [-0.4, -0.2) is 221 Å². The van der Waals surface area contributed by atoms with Crippen molar-refractivity contribution in [2.24, 2.45) is 5.92 Å². The van der Waals surface area contributed by atoms with Crippen molar-refractivity contribution >= 4 is 49.6 Å². The van der Waals surface area contributed by atoms with E-state index < -0.39 is 72.3 Å². The number of H-pyrrole nitrogens is 4. The van der Waals surface area contributed by atoms with Gasteiger partial charge in [-0.15, -0.1) is 0 Å². The number of benzene rings is 4. The van der Waals surface area contributed by atoms with Gasteiger partial charge in [-0.05, 0) is 156 Å². The Morgan fingerprint density at radius 2 is 0.630 bits per heavy atom. The average Bonchev–Trinajstić information content (AvgIpc) is 1.72. The van der Waals surface area contributed by atoms with Gasteiger partial charge in [0, 0.05) is 187 Å². The number of carbonyl (C=O) groups excluding carboxylic acids is 5. The molecule has 127 heavy (non-hydrogen) atoms. The second-order valence-electron chi connectivity index (χ2n) is 34.4. The topological polar surface area (TPSA) is 294 Å². The highest BCUT2D eigenvalue weighted by Crippen LogP contribution is 2.45. The minimum Gasteiger partial charge on any atom is -0.338 e. The predicted octanol–water partition coefficient (Wildman–Crippen LogP) is 14.9. The van der Waals surface area contributed by atoms with Crippen LogP contribution in [0, 0.1) is 5.92 Å². The maximum Gasteiger partial charge on any atom is 0.416 e. The number of halogens is 12. The quantitative estimate of drug-likeness (QED) is 0.0736. The zero-order chi connectivity index (χ0) is 91.6. The fourth-order valence-electron chi connectivity index (χ4n) is 18.4. The summed E-state index contributed by atoms with van der Waals surface area (Å²) in [6.45, 7) is 19.0. The van der Waals surface area contributed by atoms with E-state index in [1.54, 1.807) is 75.6 Å². The third-order valence-electron chi connectivity index (χ3n) is 25.7. The molecule has 4 aromatic carbocycles. The van der Waals surface area contributed by atoms with Gasteiger partial charge in [0.25, 0.3) is 23.6 Å². The Morgan fingerprint density at radius 3 is 0.913 bits per heavy atom. The maximum absolute atomic E-state index is 13.4. The van der Waals surface area contributed by atoms with Gasteiger partial charge >= 0.3 is 24.7 Å². The normalized spacial score (nSPS) is 18.3. The Balaban J connectivity index is 0.000000145. The molecule has 0 bridgehead atoms. The summed E-state index contributed by atoms with van der Waals surface area (Å²) in [6, 6.07) is 23.1. The number of fused-ring (bicyclic) bond motifs is 4. The monoisotopic (exact) mass is 1820 g/mol. The molecule has 4 saturated heterocycles. The predicted molar refractivity (Wildman–Crippen MR) is 447 cm³/mol. The minimum absolute atomic E-state index is 0.0175. The van der Waals surface area contributed by atoms with Crippen LogP contribution in [0.5, 0.6) is 0 Å². The number of aromatic amines is 4. The first-order valence-electron chi connectivity index (χ1n) is 43.1. The van der Waals surface area contributed by atoms with Gasteiger partial charge in [-0.2, -0.15) is 81.7 Å². The summed E-state index contributed by atoms with van der Waals surface area (Å²) in [5.41, 5.74) is 6.21. The molecule has 5 amide bonds. The summed E-state index contributed by atoms with van der Waals surface area (Å²) >= 11 is 0. The van der Waals surface area contributed by atoms with Gasteiger partial charge in [-0.1, -0.05) is 86.6 Å². The molecule has 8 aliphatic heterocycles. The third-order valence-corrected chi connectivity index (χ3v) is 29.8. The Hall–Kier alpha value is -9.99. The minimum atomic E-state index is -4.42. The lowest BCUT2D eigenvalue weighted by Gasteiger charge is -2.34. The molecular weight excluding hydrogens is 1720 g/mol. The van der Waals surface area contributed by atoms with Crippen molar-refractivity contribution in [3.05, 3.63) is 209 Å². The van der Waals surface area contributed by atoms with Crippen molar-refractivity contribution < 1.29 is 93.5 Å². The molecule has 8 aromatic rings. The summed E-state index contributed by atoms with van der Waals surface area (Å²) in [5.74, 6) is -2.11. The number of piperidine rings is 4. The van der Waals surface area contributed by atoms with E-state index in [2.05, 4.69) is 59.5 Å². The zero-order valence-corrected chi connectivity index (χ0v) is 73.3. The van der Waals surface area contributed by atoms with Gasteiger partial charge in [0.15, 0.2) is 22.8 Å². The number of sulfonamides is 2. The van der Waals surface area contributed by atoms with Gasteiger partial charge in [-0.3, -0.25) is 49.3 Å². The summed E-state index contributed by atoms with van der Waals surface area (Å²) < 4.78 is 213. The summed E-state index contributed by atoms with van der Waals surface area (Å²) in [6.07, 6.45) is -11.6. The van der Waals surface area contributed by atoms with Crippen LogP contribution >= 0.6 is 0 Å². The zero-order valence-electron chi connectivity index (χ0n) is 71.7. The lowest BCUT2D eigenvalue weighted by molar-refractivity contribution is -0.139. The Bertz CT molecular complexity index is 5500. The van der Waals surface area contributed by atoms with Crippen LogP contribution in [0.4, 0.5) is 52.7 Å². The van der Waals surface area contributed by atoms with Crippen molar-refractivity contribution in [1.29, 1.82) is 0 Å². The second-order valence-corrected chi connectivity index (χ2v) is 39.1. The van der Waals surface area contributed by atoms with Crippen LogP contribution in [0.1, 0.15) is 255 Å². The molecule has 0 saturated carbocycles. The number of nitrogens with one attached hydrogen (secondary N) is 4. The summed E-state index contributed by atoms with van der Waals surface area (Å²) in [7, 11) is -6.86. The van der Waals surface area contributed by atoms with E-state index in [4.69, 9.17) is 0 Å². The van der Waals surface area contributed by atoms with Gasteiger partial charge in [0.05, 0.1) is 33.3 Å². The first kappa shape index (κ1) is 94.6. The molecule has 25 nitrogen and oxygen atoms in total. The smallest absolute Gasteiger partial charge is 0.338 e. The molecule has 0 aliphatic carbocycles. The van der Waals surface area contributed by atoms with Crippen LogP contribution in [0.3, 0.4) is 0 Å². The number of amides is 5. The second kappa shape index (κ2) is 38.7. The van der Waals surface area contributed by atoms with E-state index in [-0.39, 0.29) is 100 Å². The van der Waals surface area contributed by atoms with Crippen LogP contribution in [0.15, 0.2) is 97.1 Å². The van der Waals surface area contributed by atoms with Crippen molar-refractivity contribution in [2.75, 3.05) is 84.3 Å². The van der Waals surface area contributed by atoms with Crippen molar-refractivity contribution in [3.8, 4) is 0 Å². The number of carbonyl (C=O) groups is 5. The molecule has 688 valence electrons. The summed E-state index contributed by atoms with van der Waals surface area (Å²) in [5, 5.41) is 28.0. The molecule has 0 unspecified atom stereocenters. The van der Waals surface area contributed by atoms with Crippen molar-refractivity contribution in [1.82, 2.24) is 78.8 Å². The summed E-state index contributed by atoms with van der Waals surface area (Å²) in [4.78, 5) is 75.7. The molecule has 8 aliphatic rings. The van der Waals surface area contributed by atoms with Crippen LogP contribution in [-0.2, 0) is 101 Å². The van der Waals surface area contributed by atoms with E-state index in [1.165, 1.54) is 51.1 Å². The number of likely N-dealkylation sites (tertiary alicyclic amines) is 4. The number of hydrogen-bond acceptors (Lipinski definition) is 14. The van der Waals surface area contributed by atoms with Crippen LogP contribution in [0.25, 0.3) is 0 Å². The highest BCUT2D eigenvalue weighted by atomic mass is 32.2. The molecule has 39 heteroatoms. The van der Waals surface area contributed by atoms with Gasteiger partial charge in [0.2, 0.25) is 26.0 Å². The molecule has 16 rings (SSSR count). The molecule has 0 spiro atoms. The average molecular weight is 1820 g/mol. The van der Waals surface area contributed by atoms with E-state index in [0.29, 0.717) is 195 Å². The SMILES string of the molecule is CC(C)C(=O)N1CCc2[nH]nc(C(=O)N3CCC(c4ccccc4C(F)(F)F)CC3)c2C1.CC(C)N1CCc2[nH]nc(C(=O)N3CCC(c4ccccc4C(F)(F)F)CC3)c2C1.CC(C)S(=O)(=O)N1CCc2[nH]nc(C(=O)N3CCC(c4ccccc4C(F)(F)F)CC3)c2C1.CCS(=O)(=O)N1CCc2[nH]nc(C(=O)N3CCC(c4ccccc4C(F)(F)F)CC3)c2C1. The Morgan fingerprint density at radius 1 is 0.362 bits per heavy atom. The van der Waals surface area contributed by atoms with E-state index >= 15 is 0 Å². The first-order valence-corrected chi connectivity index (χ1v) is 46.2. The first-order chi connectivity index (χ1) is 60.0. The molecule has 0 radical (unpaired) electrons. The van der Waals surface area contributed by atoms with Gasteiger partial charge < -0.3 is 24.5 Å². The Kier molecular flexibility index (Phi) is 28.9. The fourth-order valence-corrected chi connectivity index (χ4v) is 20.7. The maximum atomic E-state index is 13.4. The number of rotatable bonds is 14. The van der Waals surface area contributed by atoms with Crippen LogP contribution < -0.4 is 0 Å². The molecule has 4 aromatic heterocycles. The standard InChI is InChI=1S/C23H27F3N4O2.C22H27F3N4O3S.C22H27F3N4O.C21H25F3N4O3S/c1-14(2)21(31)30-12-9-19-17(13-30)20(28-27-19)22(32)29-10-7-15(8-11-29)16-5-3-4-6-18(16)23(24,25)26;1-14(2)33(31,32)29-12-9-19-17(13-29)20(27-26-19)21(30)28-10-7-15(8-11-28)16-5-3-4-6-18(16)22(23,24)25;1-14(2)29-12-9-19-17(13-29)20(27-26-19)21(30)28-10-7-15(8-11-28)16-5-3-4-6-18(16)22(23,24)25;1-2-32(30,31)28-12-9-18-16(13-28)19(26-25-18)20(29)27-10-7-14(8-11-27)15-5-3-4-6-17(15)21(22,23)24/h3-6,14-15H,7-13H2,1-2H3,(H,27,28);3-6,14-15H,7-13H2,1-2H3,(H,26,27);3-6,14-15H,7-13H2,1-2H3,(H,26,27);3-6,14H,2,7-13H2,1H3,(H,25,26). The largest absolute Gasteiger partial charge is 0.416 e. The highest BCUT2D eigenvalue weighted by molar-refractivity contribution is 7.89. The fraction of sp³-hybridized carbons (Fsp3) is 0.534. The molecule has 0 atom stereocenters. The molecule has 12 heterocycles. The van der Waals surface area contributed by atoms with Gasteiger partial charge in [-0.25, -0.2) is 16.8 Å². The van der Waals surface area contributed by atoms with E-state index in [9.17, 15) is 93.5 Å². The molecule has 4 fully saturated rings. The lowest BCUT2D eigenvalue weighted by atomic mass is 9.86. The van der Waals surface area contributed by atoms with Gasteiger partial charge in [0.1, 0.15) is 0 Å². The Labute approximate surface area is 729 Å². The molecular formula is C88H106F12N16O9S2. The molecule has 4 N–H and O–H groups in total. The lowest BCUT2D eigenvalue weighted by Crippen LogP contribution is -2.41. The third kappa shape index (κ3) is 21.2. The van der Waals surface area contributed by atoms with E-state index in [0.717, 1.165) is 71.1 Å². The number of hydrogen-bond donors (Lipinski definition) is 4. The number of alkyl halides is 12. The number of nitrogens with zero attached hydrogens (tertiary/aromatic N) is 12. The van der Waals surface area contributed by atoms with E-state index in [1.807, 2.05) is 13.8 Å². The highest BCUT2D eigenvalue weighted by Gasteiger charge is 2.44. The van der Waals surface area contributed by atoms with Crippen molar-refractivity contribution in [2.45, 2.75) is 211 Å². The van der Waals surface area contributed by atoms with Crippen molar-refractivity contribution in [3.63, 3.8) is 0 Å². The number of aromatic nitrogens is 8. The van der Waals surface area contributed by atoms with Crippen LogP contribution in [0.2, 0.25) is 0 Å².